The molecule has 3 nitrogen and oxygen atoms in total. The number of carbonyl (C=O) groups is 1. The van der Waals surface area contributed by atoms with E-state index in [2.05, 4.69) is 18.9 Å². The van der Waals surface area contributed by atoms with E-state index in [0.29, 0.717) is 11.8 Å². The van der Waals surface area contributed by atoms with Crippen molar-refractivity contribution in [2.75, 3.05) is 26.8 Å². The van der Waals surface area contributed by atoms with Crippen molar-refractivity contribution in [1.82, 2.24) is 4.90 Å². The molecule has 0 amide bonds. The minimum absolute atomic E-state index is 0.290. The van der Waals surface area contributed by atoms with Gasteiger partial charge in [0.1, 0.15) is 5.78 Å². The van der Waals surface area contributed by atoms with Gasteiger partial charge in [-0.05, 0) is 38.6 Å². The number of Topliss-reactive ketones (excluding diaryl/α,β-unsaturated/α-hetero) is 1. The smallest absolute Gasteiger partial charge is 0.137 e. The second kappa shape index (κ2) is 7.39. The van der Waals surface area contributed by atoms with Crippen molar-refractivity contribution >= 4 is 5.78 Å². The molecule has 0 aromatic carbocycles. The van der Waals surface area contributed by atoms with Gasteiger partial charge in [0.2, 0.25) is 0 Å². The van der Waals surface area contributed by atoms with Gasteiger partial charge in [-0.2, -0.15) is 0 Å². The van der Waals surface area contributed by atoms with Crippen molar-refractivity contribution in [3.63, 3.8) is 0 Å². The average molecular weight is 267 g/mol. The van der Waals surface area contributed by atoms with E-state index in [4.69, 9.17) is 4.74 Å². The number of rotatable bonds is 5. The highest BCUT2D eigenvalue weighted by Gasteiger charge is 2.30. The molecule has 0 radical (unpaired) electrons. The minimum Gasteiger partial charge on any atom is -0.381 e. The van der Waals surface area contributed by atoms with Crippen LogP contribution in [0.5, 0.6) is 0 Å². The van der Waals surface area contributed by atoms with E-state index < -0.39 is 0 Å². The normalized spacial score (nSPS) is 29.9. The molecule has 0 aromatic rings. The van der Waals surface area contributed by atoms with Crippen molar-refractivity contribution in [3.05, 3.63) is 0 Å². The number of hydrogen-bond acceptors (Lipinski definition) is 3. The zero-order valence-electron chi connectivity index (χ0n) is 12.6. The Morgan fingerprint density at radius 1 is 1.26 bits per heavy atom. The first-order valence-electron chi connectivity index (χ1n) is 8.01. The van der Waals surface area contributed by atoms with Crippen LogP contribution in [-0.2, 0) is 9.53 Å². The molecule has 2 aliphatic rings. The largest absolute Gasteiger partial charge is 0.381 e. The second-order valence-corrected chi connectivity index (χ2v) is 6.38. The maximum atomic E-state index is 12.1. The van der Waals surface area contributed by atoms with Gasteiger partial charge in [-0.3, -0.25) is 4.79 Å². The lowest BCUT2D eigenvalue weighted by atomic mass is 9.78. The molecule has 0 bridgehead atoms. The van der Waals surface area contributed by atoms with Crippen molar-refractivity contribution in [2.24, 2.45) is 11.8 Å². The Bertz CT molecular complexity index is 286. The van der Waals surface area contributed by atoms with Crippen LogP contribution in [-0.4, -0.2) is 43.5 Å². The Hall–Kier alpha value is -0.410. The van der Waals surface area contributed by atoms with E-state index in [1.807, 2.05) is 0 Å². The Balaban J connectivity index is 1.83. The summed E-state index contributed by atoms with van der Waals surface area (Å²) in [7, 11) is 2.19. The number of carbonyl (C=O) groups excluding carboxylic acids is 1. The van der Waals surface area contributed by atoms with Crippen LogP contribution in [0, 0.1) is 11.8 Å². The van der Waals surface area contributed by atoms with Crippen molar-refractivity contribution in [3.8, 4) is 0 Å². The first-order valence-corrected chi connectivity index (χ1v) is 8.01. The van der Waals surface area contributed by atoms with Crippen molar-refractivity contribution < 1.29 is 9.53 Å². The van der Waals surface area contributed by atoms with Crippen LogP contribution in [0.1, 0.15) is 51.9 Å². The summed E-state index contributed by atoms with van der Waals surface area (Å²) >= 11 is 0. The molecule has 110 valence electrons. The Morgan fingerprint density at radius 3 is 2.68 bits per heavy atom. The lowest BCUT2D eigenvalue weighted by molar-refractivity contribution is -0.126. The molecule has 3 heteroatoms. The molecule has 2 atom stereocenters. The molecule has 2 unspecified atom stereocenters. The topological polar surface area (TPSA) is 29.5 Å². The minimum atomic E-state index is 0.290. The lowest BCUT2D eigenvalue weighted by Gasteiger charge is -2.36. The summed E-state index contributed by atoms with van der Waals surface area (Å²) in [6, 6.07) is 0.619. The van der Waals surface area contributed by atoms with Crippen LogP contribution in [0.15, 0.2) is 0 Å². The molecule has 1 saturated heterocycles. The van der Waals surface area contributed by atoms with Gasteiger partial charge in [0.25, 0.3) is 0 Å². The highest BCUT2D eigenvalue weighted by molar-refractivity contribution is 5.81. The molecule has 0 aromatic heterocycles. The highest BCUT2D eigenvalue weighted by atomic mass is 16.5. The lowest BCUT2D eigenvalue weighted by Crippen LogP contribution is -2.42. The number of ketones is 1. The van der Waals surface area contributed by atoms with Gasteiger partial charge in [-0.1, -0.05) is 19.8 Å². The zero-order valence-corrected chi connectivity index (χ0v) is 12.6. The van der Waals surface area contributed by atoms with E-state index in [1.54, 1.807) is 0 Å². The molecule has 2 rings (SSSR count). The molecular formula is C16H29NO2. The van der Waals surface area contributed by atoms with Crippen LogP contribution in [0.25, 0.3) is 0 Å². The predicted molar refractivity (Wildman–Crippen MR) is 77.2 cm³/mol. The molecule has 1 aliphatic heterocycles. The Kier molecular flexibility index (Phi) is 5.83. The Morgan fingerprint density at radius 2 is 2.00 bits per heavy atom. The van der Waals surface area contributed by atoms with Crippen molar-refractivity contribution in [2.45, 2.75) is 57.9 Å². The monoisotopic (exact) mass is 267 g/mol. The summed E-state index contributed by atoms with van der Waals surface area (Å²) < 4.78 is 5.42. The molecule has 19 heavy (non-hydrogen) atoms. The summed E-state index contributed by atoms with van der Waals surface area (Å²) in [5.41, 5.74) is 0. The highest BCUT2D eigenvalue weighted by Crippen LogP contribution is 2.30. The van der Waals surface area contributed by atoms with E-state index in [1.165, 1.54) is 12.8 Å². The number of hydrogen-bond donors (Lipinski definition) is 0. The quantitative estimate of drug-likeness (QED) is 0.767. The zero-order chi connectivity index (χ0) is 13.7. The summed E-state index contributed by atoms with van der Waals surface area (Å²) in [6.45, 7) is 4.97. The molecule has 0 N–H and O–H groups in total. The molecule has 2 fully saturated rings. The summed E-state index contributed by atoms with van der Waals surface area (Å²) in [6.07, 6.45) is 7.86. The van der Waals surface area contributed by atoms with Crippen LogP contribution in [0.2, 0.25) is 0 Å². The number of nitrogens with zero attached hydrogens (tertiary/aromatic N) is 1. The maximum absolute atomic E-state index is 12.1. The Labute approximate surface area is 117 Å². The molecular weight excluding hydrogens is 238 g/mol. The third-order valence-electron chi connectivity index (χ3n) is 4.89. The molecule has 1 saturated carbocycles. The molecule has 1 heterocycles. The standard InChI is InChI=1S/C16H29NO2/c1-3-4-13-5-6-16(18)14(11-13)12-17(2)15-7-9-19-10-8-15/h13-15H,3-12H2,1-2H3. The van der Waals surface area contributed by atoms with Crippen LogP contribution in [0.3, 0.4) is 0 Å². The molecule has 1 aliphatic carbocycles. The van der Waals surface area contributed by atoms with Crippen LogP contribution < -0.4 is 0 Å². The van der Waals surface area contributed by atoms with Crippen LogP contribution >= 0.6 is 0 Å². The SMILES string of the molecule is CCCC1CCC(=O)C(CN(C)C2CCOCC2)C1. The third-order valence-corrected chi connectivity index (χ3v) is 4.89. The fourth-order valence-corrected chi connectivity index (χ4v) is 3.67. The maximum Gasteiger partial charge on any atom is 0.137 e. The van der Waals surface area contributed by atoms with E-state index in [0.717, 1.165) is 57.8 Å². The van der Waals surface area contributed by atoms with E-state index in [9.17, 15) is 4.79 Å². The average Bonchev–Trinajstić information content (AvgIpc) is 2.44. The fourth-order valence-electron chi connectivity index (χ4n) is 3.67. The first kappa shape index (κ1) is 15.0. The second-order valence-electron chi connectivity index (χ2n) is 6.38. The van der Waals surface area contributed by atoms with E-state index in [-0.39, 0.29) is 5.92 Å². The van der Waals surface area contributed by atoms with Gasteiger partial charge in [0, 0.05) is 38.1 Å². The summed E-state index contributed by atoms with van der Waals surface area (Å²) in [5, 5.41) is 0. The van der Waals surface area contributed by atoms with Gasteiger partial charge in [0.05, 0.1) is 0 Å². The first-order chi connectivity index (χ1) is 9.20. The van der Waals surface area contributed by atoms with Gasteiger partial charge in [-0.25, -0.2) is 0 Å². The third kappa shape index (κ3) is 4.28. The number of ether oxygens (including phenoxy) is 1. The summed E-state index contributed by atoms with van der Waals surface area (Å²) in [5.74, 6) is 1.58. The van der Waals surface area contributed by atoms with E-state index >= 15 is 0 Å². The van der Waals surface area contributed by atoms with Crippen molar-refractivity contribution in [1.29, 1.82) is 0 Å². The molecule has 0 spiro atoms. The van der Waals surface area contributed by atoms with Crippen LogP contribution in [0.4, 0.5) is 0 Å². The summed E-state index contributed by atoms with van der Waals surface area (Å²) in [4.78, 5) is 14.5. The van der Waals surface area contributed by atoms with Gasteiger partial charge in [-0.15, -0.1) is 0 Å². The predicted octanol–water partition coefficient (Wildman–Crippen LogP) is 2.88. The van der Waals surface area contributed by atoms with Gasteiger partial charge >= 0.3 is 0 Å². The van der Waals surface area contributed by atoms with Gasteiger partial charge < -0.3 is 9.64 Å². The van der Waals surface area contributed by atoms with Gasteiger partial charge in [0.15, 0.2) is 0 Å². The fraction of sp³-hybridized carbons (Fsp3) is 0.938.